The molecule has 3 rings (SSSR count). The molecule has 0 spiro atoms. The number of aromatic nitrogens is 2. The van der Waals surface area contributed by atoms with E-state index in [1.54, 1.807) is 18.5 Å². The predicted molar refractivity (Wildman–Crippen MR) is 88.3 cm³/mol. The maximum atomic E-state index is 12.6. The largest absolute Gasteiger partial charge is 0.477 e. The third kappa shape index (κ3) is 3.04. The maximum absolute atomic E-state index is 12.6. The number of aryl methyl sites for hydroxylation is 1. The molecule has 0 bridgehead atoms. The number of nitrogens with zero attached hydrogens (tertiary/aromatic N) is 2. The summed E-state index contributed by atoms with van der Waals surface area (Å²) in [5.74, 6) is -1.14. The molecule has 0 amide bonds. The highest BCUT2D eigenvalue weighted by atomic mass is 32.2. The molecule has 3 heterocycles. The topological polar surface area (TPSA) is 111 Å². The van der Waals surface area contributed by atoms with Crippen LogP contribution in [0.3, 0.4) is 0 Å². The van der Waals surface area contributed by atoms with Crippen LogP contribution in [-0.2, 0) is 14.8 Å². The molecule has 2 aromatic heterocycles. The molecule has 1 fully saturated rings. The number of anilines is 1. The van der Waals surface area contributed by atoms with Gasteiger partial charge < -0.3 is 9.84 Å². The molecule has 0 radical (unpaired) electrons. The smallest absolute Gasteiger partial charge is 0.345 e. The normalized spacial score (nSPS) is 18.0. The Kier molecular flexibility index (Phi) is 4.37. The molecule has 1 unspecified atom stereocenters. The predicted octanol–water partition coefficient (Wildman–Crippen LogP) is 2.02. The number of aromatic carboxylic acids is 1. The minimum atomic E-state index is -3.88. The lowest BCUT2D eigenvalue weighted by Gasteiger charge is -2.12. The van der Waals surface area contributed by atoms with Crippen molar-refractivity contribution in [2.45, 2.75) is 31.2 Å². The van der Waals surface area contributed by atoms with Gasteiger partial charge in [-0.25, -0.2) is 13.2 Å². The number of hydrogen-bond donors (Lipinski definition) is 2. The number of thiophene rings is 1. The van der Waals surface area contributed by atoms with E-state index in [4.69, 9.17) is 9.84 Å². The lowest BCUT2D eigenvalue weighted by molar-refractivity contribution is 0.0702. The molecule has 2 aromatic rings. The van der Waals surface area contributed by atoms with Crippen molar-refractivity contribution in [3.8, 4) is 0 Å². The monoisotopic (exact) mass is 371 g/mol. The Morgan fingerprint density at radius 2 is 2.25 bits per heavy atom. The Balaban J connectivity index is 1.89. The van der Waals surface area contributed by atoms with Gasteiger partial charge >= 0.3 is 5.97 Å². The summed E-state index contributed by atoms with van der Waals surface area (Å²) in [5, 5.41) is 13.3. The van der Waals surface area contributed by atoms with Gasteiger partial charge in [-0.05, 0) is 26.3 Å². The average molecular weight is 371 g/mol. The molecule has 130 valence electrons. The molecule has 1 aliphatic rings. The number of nitrogens with one attached hydrogen (secondary N) is 1. The third-order valence-electron chi connectivity index (χ3n) is 3.91. The molecule has 0 aromatic carbocycles. The van der Waals surface area contributed by atoms with E-state index in [0.717, 1.165) is 17.8 Å². The van der Waals surface area contributed by atoms with Gasteiger partial charge in [0.2, 0.25) is 0 Å². The molecule has 2 N–H and O–H groups in total. The van der Waals surface area contributed by atoms with E-state index in [-0.39, 0.29) is 15.8 Å². The van der Waals surface area contributed by atoms with E-state index in [1.807, 2.05) is 0 Å². The van der Waals surface area contributed by atoms with Crippen molar-refractivity contribution in [1.29, 1.82) is 0 Å². The summed E-state index contributed by atoms with van der Waals surface area (Å²) in [7, 11) is -3.88. The zero-order chi connectivity index (χ0) is 17.5. The molecule has 1 aliphatic heterocycles. The number of ether oxygens (including phenoxy) is 1. The maximum Gasteiger partial charge on any atom is 0.345 e. The summed E-state index contributed by atoms with van der Waals surface area (Å²) in [5.41, 5.74) is 1.07. The Morgan fingerprint density at radius 1 is 1.50 bits per heavy atom. The molecule has 0 saturated carbocycles. The SMILES string of the molecule is Cc1sc(C(=O)O)cc1S(=O)(=O)Nc1cnn(C2CCOC2)c1C. The number of carboxylic acids is 1. The summed E-state index contributed by atoms with van der Waals surface area (Å²) in [4.78, 5) is 11.4. The quantitative estimate of drug-likeness (QED) is 0.832. The number of hydrogen-bond acceptors (Lipinski definition) is 6. The molecular weight excluding hydrogens is 354 g/mol. The van der Waals surface area contributed by atoms with Crippen molar-refractivity contribution >= 4 is 33.0 Å². The van der Waals surface area contributed by atoms with Crippen LogP contribution in [0.1, 0.15) is 32.7 Å². The molecule has 10 heteroatoms. The Hall–Kier alpha value is -1.91. The average Bonchev–Trinajstić information content (AvgIpc) is 3.20. The van der Waals surface area contributed by atoms with Gasteiger partial charge in [0.25, 0.3) is 10.0 Å². The standard InChI is InChI=1S/C14H17N3O5S2/c1-8-11(6-15-17(8)10-3-4-22-7-10)16-24(20,21)13-5-12(14(18)19)23-9(13)2/h5-6,10,16H,3-4,7H2,1-2H3,(H,18,19). The second-order valence-electron chi connectivity index (χ2n) is 5.55. The van der Waals surface area contributed by atoms with Crippen LogP contribution in [0.5, 0.6) is 0 Å². The van der Waals surface area contributed by atoms with Gasteiger partial charge in [-0.2, -0.15) is 5.10 Å². The van der Waals surface area contributed by atoms with Crippen molar-refractivity contribution in [2.75, 3.05) is 17.9 Å². The Bertz CT molecular complexity index is 878. The number of carboxylic acid groups (broad SMARTS) is 1. The van der Waals surface area contributed by atoms with Crippen LogP contribution in [-0.4, -0.2) is 42.5 Å². The van der Waals surface area contributed by atoms with E-state index in [1.165, 1.54) is 12.3 Å². The summed E-state index contributed by atoms with van der Waals surface area (Å²) in [6.07, 6.45) is 2.30. The van der Waals surface area contributed by atoms with E-state index < -0.39 is 16.0 Å². The fourth-order valence-corrected chi connectivity index (χ4v) is 5.18. The van der Waals surface area contributed by atoms with Crippen LogP contribution >= 0.6 is 11.3 Å². The molecule has 8 nitrogen and oxygen atoms in total. The van der Waals surface area contributed by atoms with Gasteiger partial charge in [-0.1, -0.05) is 0 Å². The highest BCUT2D eigenvalue weighted by Crippen LogP contribution is 2.29. The highest BCUT2D eigenvalue weighted by Gasteiger charge is 2.25. The van der Waals surface area contributed by atoms with Crippen LogP contribution in [0.15, 0.2) is 17.2 Å². The number of rotatable bonds is 5. The zero-order valence-corrected chi connectivity index (χ0v) is 14.8. The summed E-state index contributed by atoms with van der Waals surface area (Å²) >= 11 is 0.934. The van der Waals surface area contributed by atoms with Crippen molar-refractivity contribution in [1.82, 2.24) is 9.78 Å². The molecule has 1 atom stereocenters. The first-order valence-corrected chi connectivity index (χ1v) is 9.58. The summed E-state index contributed by atoms with van der Waals surface area (Å²) < 4.78 is 34.8. The first kappa shape index (κ1) is 16.9. The van der Waals surface area contributed by atoms with Crippen LogP contribution in [0.25, 0.3) is 0 Å². The zero-order valence-electron chi connectivity index (χ0n) is 13.1. The molecule has 1 saturated heterocycles. The molecular formula is C14H17N3O5S2. The van der Waals surface area contributed by atoms with Crippen molar-refractivity contribution < 1.29 is 23.1 Å². The van der Waals surface area contributed by atoms with Gasteiger partial charge in [-0.3, -0.25) is 9.40 Å². The van der Waals surface area contributed by atoms with Gasteiger partial charge in [0.05, 0.1) is 30.2 Å². The van der Waals surface area contributed by atoms with E-state index in [2.05, 4.69) is 9.82 Å². The van der Waals surface area contributed by atoms with Crippen molar-refractivity contribution in [3.63, 3.8) is 0 Å². The van der Waals surface area contributed by atoms with Crippen molar-refractivity contribution in [2.24, 2.45) is 0 Å². The first-order valence-electron chi connectivity index (χ1n) is 7.28. The number of sulfonamides is 1. The van der Waals surface area contributed by atoms with Gasteiger partial charge in [0, 0.05) is 11.5 Å². The molecule has 24 heavy (non-hydrogen) atoms. The minimum absolute atomic E-state index is 0.0107. The van der Waals surface area contributed by atoms with E-state index in [9.17, 15) is 13.2 Å². The van der Waals surface area contributed by atoms with Crippen LogP contribution in [0, 0.1) is 13.8 Å². The van der Waals surface area contributed by atoms with Gasteiger partial charge in [-0.15, -0.1) is 11.3 Å². The second kappa shape index (κ2) is 6.19. The minimum Gasteiger partial charge on any atom is -0.477 e. The van der Waals surface area contributed by atoms with Crippen LogP contribution < -0.4 is 4.72 Å². The Morgan fingerprint density at radius 3 is 2.83 bits per heavy atom. The Labute approximate surface area is 143 Å². The fraction of sp³-hybridized carbons (Fsp3) is 0.429. The van der Waals surface area contributed by atoms with Gasteiger partial charge in [0.15, 0.2) is 0 Å². The van der Waals surface area contributed by atoms with Crippen LogP contribution in [0.2, 0.25) is 0 Å². The first-order chi connectivity index (χ1) is 11.3. The highest BCUT2D eigenvalue weighted by molar-refractivity contribution is 7.93. The van der Waals surface area contributed by atoms with Crippen molar-refractivity contribution in [3.05, 3.63) is 27.7 Å². The molecule has 0 aliphatic carbocycles. The number of carbonyl (C=O) groups is 1. The second-order valence-corrected chi connectivity index (χ2v) is 8.45. The lowest BCUT2D eigenvalue weighted by Crippen LogP contribution is -2.15. The van der Waals surface area contributed by atoms with E-state index in [0.29, 0.717) is 29.5 Å². The van der Waals surface area contributed by atoms with Gasteiger partial charge in [0.1, 0.15) is 9.77 Å². The third-order valence-corrected chi connectivity index (χ3v) is 6.57. The summed E-state index contributed by atoms with van der Waals surface area (Å²) in [6.45, 7) is 4.58. The summed E-state index contributed by atoms with van der Waals surface area (Å²) in [6, 6.07) is 1.28. The van der Waals surface area contributed by atoms with Crippen LogP contribution in [0.4, 0.5) is 5.69 Å². The lowest BCUT2D eigenvalue weighted by atomic mass is 10.2. The fourth-order valence-electron chi connectivity index (χ4n) is 2.64. The van der Waals surface area contributed by atoms with E-state index >= 15 is 0 Å².